The molecule has 29 heavy (non-hydrogen) atoms. The molecule has 0 bridgehead atoms. The van der Waals surface area contributed by atoms with Gasteiger partial charge in [-0.25, -0.2) is 4.79 Å². The highest BCUT2D eigenvalue weighted by molar-refractivity contribution is 5.96. The Hall–Kier alpha value is -3.35. The Bertz CT molecular complexity index is 893. The van der Waals surface area contributed by atoms with Gasteiger partial charge in [-0.15, -0.1) is 0 Å². The third kappa shape index (κ3) is 7.29. The van der Waals surface area contributed by atoms with Crippen molar-refractivity contribution in [2.45, 2.75) is 33.7 Å². The smallest absolute Gasteiger partial charge is 0.341 e. The molecule has 0 atom stereocenters. The van der Waals surface area contributed by atoms with Crippen LogP contribution in [-0.2, 0) is 16.1 Å². The lowest BCUT2D eigenvalue weighted by molar-refractivity contribution is -0.139. The molecule has 2 aromatic rings. The van der Waals surface area contributed by atoms with E-state index in [1.54, 1.807) is 36.4 Å². The minimum atomic E-state index is -1.05. The van der Waals surface area contributed by atoms with Crippen LogP contribution in [0.3, 0.4) is 0 Å². The number of rotatable bonds is 9. The van der Waals surface area contributed by atoms with Gasteiger partial charge in [0.1, 0.15) is 5.75 Å². The van der Waals surface area contributed by atoms with Crippen LogP contribution in [0.5, 0.6) is 5.75 Å². The van der Waals surface area contributed by atoms with Gasteiger partial charge in [-0.1, -0.05) is 26.0 Å². The topological polar surface area (TPSA) is 105 Å². The van der Waals surface area contributed by atoms with E-state index in [9.17, 15) is 14.4 Å². The number of ether oxygens (including phenoxy) is 1. The summed E-state index contributed by atoms with van der Waals surface area (Å²) in [5, 5.41) is 14.4. The number of nitrogens with one attached hydrogen (secondary N) is 2. The molecule has 0 aliphatic carbocycles. The maximum atomic E-state index is 12.4. The highest BCUT2D eigenvalue weighted by Gasteiger charge is 2.11. The van der Waals surface area contributed by atoms with Crippen LogP contribution in [0.2, 0.25) is 0 Å². The van der Waals surface area contributed by atoms with E-state index in [0.29, 0.717) is 23.4 Å². The summed E-state index contributed by atoms with van der Waals surface area (Å²) in [4.78, 5) is 35.0. The van der Waals surface area contributed by atoms with Crippen molar-refractivity contribution in [1.82, 2.24) is 5.32 Å². The number of aliphatic carboxylic acids is 1. The average Bonchev–Trinajstić information content (AvgIpc) is 2.65. The molecular formula is C22H26N2O5. The third-order valence-corrected chi connectivity index (χ3v) is 4.07. The second-order valence-corrected chi connectivity index (χ2v) is 7.19. The molecule has 7 nitrogen and oxygen atoms in total. The number of anilines is 1. The number of hydrogen-bond acceptors (Lipinski definition) is 4. The van der Waals surface area contributed by atoms with Crippen molar-refractivity contribution in [3.63, 3.8) is 0 Å². The number of carboxylic acid groups (broad SMARTS) is 1. The van der Waals surface area contributed by atoms with E-state index >= 15 is 0 Å². The van der Waals surface area contributed by atoms with Crippen LogP contribution in [0.25, 0.3) is 0 Å². The molecule has 0 aliphatic heterocycles. The van der Waals surface area contributed by atoms with Gasteiger partial charge in [0.05, 0.1) is 0 Å². The number of carboxylic acids is 1. The van der Waals surface area contributed by atoms with Gasteiger partial charge in [-0.2, -0.15) is 0 Å². The van der Waals surface area contributed by atoms with Gasteiger partial charge in [0, 0.05) is 24.2 Å². The largest absolute Gasteiger partial charge is 0.482 e. The van der Waals surface area contributed by atoms with Gasteiger partial charge in [-0.3, -0.25) is 9.59 Å². The molecule has 0 spiro atoms. The van der Waals surface area contributed by atoms with E-state index in [1.807, 2.05) is 26.8 Å². The highest BCUT2D eigenvalue weighted by atomic mass is 16.5. The first-order valence-electron chi connectivity index (χ1n) is 9.37. The second-order valence-electron chi connectivity index (χ2n) is 7.19. The van der Waals surface area contributed by atoms with Gasteiger partial charge >= 0.3 is 5.97 Å². The molecule has 0 radical (unpaired) electrons. The van der Waals surface area contributed by atoms with Gasteiger partial charge in [-0.05, 0) is 54.3 Å². The Balaban J connectivity index is 1.95. The van der Waals surface area contributed by atoms with Crippen molar-refractivity contribution in [2.24, 2.45) is 5.92 Å². The molecule has 0 unspecified atom stereocenters. The maximum absolute atomic E-state index is 12.4. The molecule has 0 heterocycles. The van der Waals surface area contributed by atoms with Crippen molar-refractivity contribution in [3.05, 3.63) is 59.2 Å². The normalized spacial score (nSPS) is 10.5. The lowest BCUT2D eigenvalue weighted by atomic mass is 10.1. The molecule has 2 aromatic carbocycles. The summed E-state index contributed by atoms with van der Waals surface area (Å²) in [7, 11) is 0. The van der Waals surface area contributed by atoms with Crippen molar-refractivity contribution in [3.8, 4) is 5.75 Å². The summed E-state index contributed by atoms with van der Waals surface area (Å²) in [6.45, 7) is 5.65. The summed E-state index contributed by atoms with van der Waals surface area (Å²) in [6, 6.07) is 12.0. The van der Waals surface area contributed by atoms with Crippen molar-refractivity contribution in [2.75, 3.05) is 11.9 Å². The number of benzene rings is 2. The molecule has 0 fully saturated rings. The zero-order chi connectivity index (χ0) is 21.4. The van der Waals surface area contributed by atoms with Crippen LogP contribution < -0.4 is 15.4 Å². The second kappa shape index (κ2) is 10.3. The van der Waals surface area contributed by atoms with Crippen LogP contribution in [0.15, 0.2) is 42.5 Å². The zero-order valence-corrected chi connectivity index (χ0v) is 16.8. The number of aryl methyl sites for hydroxylation is 1. The number of carbonyl (C=O) groups excluding carboxylic acids is 2. The SMILES string of the molecule is Cc1cc(C(=O)NCc2cccc(OCC(=O)O)c2)ccc1NC(=O)CC(C)C. The van der Waals surface area contributed by atoms with Crippen molar-refractivity contribution in [1.29, 1.82) is 0 Å². The maximum Gasteiger partial charge on any atom is 0.341 e. The van der Waals surface area contributed by atoms with Crippen LogP contribution in [0, 0.1) is 12.8 Å². The van der Waals surface area contributed by atoms with E-state index in [4.69, 9.17) is 9.84 Å². The van der Waals surface area contributed by atoms with E-state index in [2.05, 4.69) is 10.6 Å². The van der Waals surface area contributed by atoms with Crippen LogP contribution in [0.1, 0.15) is 41.8 Å². The van der Waals surface area contributed by atoms with Crippen molar-refractivity contribution < 1.29 is 24.2 Å². The average molecular weight is 398 g/mol. The Morgan fingerprint density at radius 1 is 1.10 bits per heavy atom. The van der Waals surface area contributed by atoms with Crippen LogP contribution in [0.4, 0.5) is 5.69 Å². The first kappa shape index (κ1) is 21.9. The quantitative estimate of drug-likeness (QED) is 0.601. The fourth-order valence-corrected chi connectivity index (χ4v) is 2.69. The minimum Gasteiger partial charge on any atom is -0.482 e. The molecule has 154 valence electrons. The number of hydrogen-bond donors (Lipinski definition) is 3. The first-order chi connectivity index (χ1) is 13.7. The lowest BCUT2D eigenvalue weighted by Gasteiger charge is -2.12. The van der Waals surface area contributed by atoms with Crippen LogP contribution >= 0.6 is 0 Å². The highest BCUT2D eigenvalue weighted by Crippen LogP contribution is 2.18. The third-order valence-electron chi connectivity index (χ3n) is 4.07. The molecule has 2 rings (SSSR count). The fourth-order valence-electron chi connectivity index (χ4n) is 2.69. The van der Waals surface area contributed by atoms with E-state index in [1.165, 1.54) is 0 Å². The summed E-state index contributed by atoms with van der Waals surface area (Å²) >= 11 is 0. The van der Waals surface area contributed by atoms with Crippen LogP contribution in [-0.4, -0.2) is 29.5 Å². The summed E-state index contributed by atoms with van der Waals surface area (Å²) in [5.74, 6) is -0.650. The summed E-state index contributed by atoms with van der Waals surface area (Å²) in [6.07, 6.45) is 0.441. The number of amides is 2. The fraction of sp³-hybridized carbons (Fsp3) is 0.318. The van der Waals surface area contributed by atoms with E-state index in [0.717, 1.165) is 11.1 Å². The van der Waals surface area contributed by atoms with Gasteiger partial charge in [0.25, 0.3) is 5.91 Å². The molecule has 0 saturated heterocycles. The van der Waals surface area contributed by atoms with Gasteiger partial charge in [0.2, 0.25) is 5.91 Å². The first-order valence-corrected chi connectivity index (χ1v) is 9.37. The standard InChI is InChI=1S/C22H26N2O5/c1-14(2)9-20(25)24-19-8-7-17(10-15(19)3)22(28)23-12-16-5-4-6-18(11-16)29-13-21(26)27/h4-8,10-11,14H,9,12-13H2,1-3H3,(H,23,28)(H,24,25)(H,26,27). The zero-order valence-electron chi connectivity index (χ0n) is 16.8. The lowest BCUT2D eigenvalue weighted by Crippen LogP contribution is -2.23. The predicted octanol–water partition coefficient (Wildman–Crippen LogP) is 3.37. The minimum absolute atomic E-state index is 0.0506. The van der Waals surface area contributed by atoms with E-state index < -0.39 is 12.6 Å². The summed E-state index contributed by atoms with van der Waals surface area (Å²) < 4.78 is 5.14. The molecule has 0 aromatic heterocycles. The molecule has 7 heteroatoms. The Morgan fingerprint density at radius 2 is 1.86 bits per heavy atom. The number of carbonyl (C=O) groups is 3. The monoisotopic (exact) mass is 398 g/mol. The van der Waals surface area contributed by atoms with Gasteiger partial charge < -0.3 is 20.5 Å². The molecule has 0 aliphatic rings. The van der Waals surface area contributed by atoms with Gasteiger partial charge in [0.15, 0.2) is 6.61 Å². The molecule has 3 N–H and O–H groups in total. The summed E-state index contributed by atoms with van der Waals surface area (Å²) in [5.41, 5.74) is 2.77. The Morgan fingerprint density at radius 3 is 2.52 bits per heavy atom. The molecule has 0 saturated carbocycles. The molecule has 2 amide bonds. The Kier molecular flexibility index (Phi) is 7.77. The van der Waals surface area contributed by atoms with E-state index in [-0.39, 0.29) is 24.3 Å². The Labute approximate surface area is 170 Å². The predicted molar refractivity (Wildman–Crippen MR) is 110 cm³/mol. The van der Waals surface area contributed by atoms with Crippen molar-refractivity contribution >= 4 is 23.5 Å². The molecular weight excluding hydrogens is 372 g/mol.